The van der Waals surface area contributed by atoms with Gasteiger partial charge in [-0.2, -0.15) is 0 Å². The maximum Gasteiger partial charge on any atom is 0.0389 e. The minimum Gasteiger partial charge on any atom is -0.0664 e. The fourth-order valence-corrected chi connectivity index (χ4v) is 2.74. The lowest BCUT2D eigenvalue weighted by Crippen LogP contribution is -2.07. The van der Waals surface area contributed by atoms with Crippen LogP contribution in [0, 0.1) is 6.42 Å². The first-order valence-corrected chi connectivity index (χ1v) is 5.90. The van der Waals surface area contributed by atoms with E-state index in [4.69, 9.17) is 0 Å². The molecule has 0 amide bonds. The lowest BCUT2D eigenvalue weighted by molar-refractivity contribution is 1.57. The summed E-state index contributed by atoms with van der Waals surface area (Å²) < 4.78 is 0. The fraction of sp³-hybridized carbons (Fsp3) is 0. The van der Waals surface area contributed by atoms with Gasteiger partial charge >= 0.3 is 0 Å². The standard InChI is InChI=1S/C13H11Si/c14-13-7-3-6-11-10-5-2-1-4-9(10)8-12(11)13/h1-8H,14H3. The number of rotatable bonds is 0. The topological polar surface area (TPSA) is 0 Å². The Bertz CT molecular complexity index is 500. The van der Waals surface area contributed by atoms with E-state index < -0.39 is 0 Å². The quantitative estimate of drug-likeness (QED) is 0.474. The molecule has 1 aliphatic rings. The Kier molecular flexibility index (Phi) is 1.61. The Morgan fingerprint density at radius 1 is 0.786 bits per heavy atom. The molecule has 67 valence electrons. The highest BCUT2D eigenvalue weighted by Crippen LogP contribution is 2.36. The minimum absolute atomic E-state index is 1.13. The van der Waals surface area contributed by atoms with Crippen molar-refractivity contribution in [2.45, 2.75) is 0 Å². The van der Waals surface area contributed by atoms with E-state index in [2.05, 4.69) is 48.9 Å². The third-order valence-electron chi connectivity index (χ3n) is 2.87. The number of fused-ring (bicyclic) bond motifs is 3. The SMILES string of the molecule is [SiH3]c1cccc2c1[CH]c1ccccc1-2. The van der Waals surface area contributed by atoms with Crippen LogP contribution >= 0.6 is 0 Å². The molecule has 0 aromatic heterocycles. The zero-order valence-electron chi connectivity index (χ0n) is 8.12. The molecule has 0 saturated carbocycles. The monoisotopic (exact) mass is 195 g/mol. The number of benzene rings is 2. The molecule has 0 heterocycles. The Morgan fingerprint density at radius 3 is 2.50 bits per heavy atom. The summed E-state index contributed by atoms with van der Waals surface area (Å²) >= 11 is 0. The van der Waals surface area contributed by atoms with Gasteiger partial charge in [-0.15, -0.1) is 0 Å². The lowest BCUT2D eigenvalue weighted by Gasteiger charge is -2.02. The van der Waals surface area contributed by atoms with Crippen LogP contribution in [0.1, 0.15) is 11.1 Å². The van der Waals surface area contributed by atoms with E-state index in [1.807, 2.05) is 0 Å². The van der Waals surface area contributed by atoms with Crippen molar-refractivity contribution < 1.29 is 0 Å². The summed E-state index contributed by atoms with van der Waals surface area (Å²) in [6, 6.07) is 15.2. The van der Waals surface area contributed by atoms with Gasteiger partial charge in [0.2, 0.25) is 0 Å². The van der Waals surface area contributed by atoms with Crippen LogP contribution < -0.4 is 5.19 Å². The van der Waals surface area contributed by atoms with E-state index in [9.17, 15) is 0 Å². The molecule has 2 aromatic carbocycles. The molecule has 1 radical (unpaired) electrons. The Balaban J connectivity index is 2.33. The van der Waals surface area contributed by atoms with E-state index >= 15 is 0 Å². The van der Waals surface area contributed by atoms with Crippen LogP contribution in [-0.4, -0.2) is 10.2 Å². The van der Waals surface area contributed by atoms with Crippen LogP contribution in [-0.2, 0) is 0 Å². The molecule has 0 spiro atoms. The van der Waals surface area contributed by atoms with E-state index in [1.165, 1.54) is 27.4 Å². The van der Waals surface area contributed by atoms with Crippen molar-refractivity contribution in [1.29, 1.82) is 0 Å². The molecular formula is C13H11Si. The largest absolute Gasteiger partial charge is 0.0664 e. The Hall–Kier alpha value is -1.34. The molecule has 0 N–H and O–H groups in total. The summed E-state index contributed by atoms with van der Waals surface area (Å²) in [7, 11) is 1.13. The van der Waals surface area contributed by atoms with Crippen molar-refractivity contribution >= 4 is 15.4 Å². The summed E-state index contributed by atoms with van der Waals surface area (Å²) in [5.41, 5.74) is 5.61. The summed E-state index contributed by atoms with van der Waals surface area (Å²) in [4.78, 5) is 0. The second-order valence-electron chi connectivity index (χ2n) is 3.77. The van der Waals surface area contributed by atoms with Crippen molar-refractivity contribution in [2.75, 3.05) is 0 Å². The maximum atomic E-state index is 2.31. The van der Waals surface area contributed by atoms with Crippen LogP contribution in [0.3, 0.4) is 0 Å². The lowest BCUT2D eigenvalue weighted by atomic mass is 10.1. The predicted octanol–water partition coefficient (Wildman–Crippen LogP) is 1.26. The molecule has 0 nitrogen and oxygen atoms in total. The Morgan fingerprint density at radius 2 is 1.57 bits per heavy atom. The molecule has 14 heavy (non-hydrogen) atoms. The van der Waals surface area contributed by atoms with Gasteiger partial charge in [0, 0.05) is 16.7 Å². The first-order valence-electron chi connectivity index (χ1n) is 4.90. The smallest absolute Gasteiger partial charge is 0.0389 e. The molecule has 0 bridgehead atoms. The second-order valence-corrected chi connectivity index (χ2v) is 4.85. The highest BCUT2D eigenvalue weighted by molar-refractivity contribution is 6.34. The molecule has 2 aromatic rings. The second kappa shape index (κ2) is 2.82. The molecule has 0 unspecified atom stereocenters. The molecule has 0 aliphatic heterocycles. The van der Waals surface area contributed by atoms with Gasteiger partial charge < -0.3 is 0 Å². The minimum atomic E-state index is 1.13. The van der Waals surface area contributed by atoms with Crippen LogP contribution in [0.5, 0.6) is 0 Å². The van der Waals surface area contributed by atoms with Gasteiger partial charge in [0.15, 0.2) is 0 Å². The fourth-order valence-electron chi connectivity index (χ4n) is 2.13. The summed E-state index contributed by atoms with van der Waals surface area (Å²) in [5.74, 6) is 0. The van der Waals surface area contributed by atoms with Crippen LogP contribution in [0.15, 0.2) is 42.5 Å². The summed E-state index contributed by atoms with van der Waals surface area (Å²) in [6.07, 6.45) is 2.31. The van der Waals surface area contributed by atoms with Crippen molar-refractivity contribution in [1.82, 2.24) is 0 Å². The summed E-state index contributed by atoms with van der Waals surface area (Å²) in [5, 5.41) is 1.50. The van der Waals surface area contributed by atoms with Gasteiger partial charge in [-0.25, -0.2) is 0 Å². The van der Waals surface area contributed by atoms with Crippen molar-refractivity contribution in [3.8, 4) is 11.1 Å². The van der Waals surface area contributed by atoms with Gasteiger partial charge in [-0.3, -0.25) is 0 Å². The number of hydrogen-bond donors (Lipinski definition) is 0. The van der Waals surface area contributed by atoms with E-state index in [-0.39, 0.29) is 0 Å². The van der Waals surface area contributed by atoms with Gasteiger partial charge in [-0.05, 0) is 22.3 Å². The highest BCUT2D eigenvalue weighted by atomic mass is 28.1. The van der Waals surface area contributed by atoms with Gasteiger partial charge in [0.1, 0.15) is 0 Å². The average Bonchev–Trinajstić information content (AvgIpc) is 2.59. The zero-order chi connectivity index (χ0) is 9.54. The number of hydrogen-bond acceptors (Lipinski definition) is 0. The summed E-state index contributed by atoms with van der Waals surface area (Å²) in [6.45, 7) is 0. The molecule has 1 heteroatoms. The van der Waals surface area contributed by atoms with Crippen molar-refractivity contribution in [3.63, 3.8) is 0 Å². The van der Waals surface area contributed by atoms with E-state index in [0.29, 0.717) is 0 Å². The van der Waals surface area contributed by atoms with E-state index in [0.717, 1.165) is 10.2 Å². The van der Waals surface area contributed by atoms with Gasteiger partial charge in [-0.1, -0.05) is 47.7 Å². The first kappa shape index (κ1) is 8.01. The predicted molar refractivity (Wildman–Crippen MR) is 64.0 cm³/mol. The first-order chi connectivity index (χ1) is 6.86. The van der Waals surface area contributed by atoms with Crippen LogP contribution in [0.25, 0.3) is 11.1 Å². The maximum absolute atomic E-state index is 2.31. The van der Waals surface area contributed by atoms with Crippen LogP contribution in [0.4, 0.5) is 0 Å². The Labute approximate surface area is 87.0 Å². The normalized spacial score (nSPS) is 12.6. The molecule has 0 atom stereocenters. The van der Waals surface area contributed by atoms with Crippen LogP contribution in [0.2, 0.25) is 0 Å². The highest BCUT2D eigenvalue weighted by Gasteiger charge is 2.18. The molecule has 3 rings (SSSR count). The van der Waals surface area contributed by atoms with Crippen molar-refractivity contribution in [2.24, 2.45) is 0 Å². The van der Waals surface area contributed by atoms with Gasteiger partial charge in [0.05, 0.1) is 0 Å². The molecule has 0 fully saturated rings. The van der Waals surface area contributed by atoms with Crippen molar-refractivity contribution in [3.05, 3.63) is 60.0 Å². The zero-order valence-corrected chi connectivity index (χ0v) is 10.1. The third kappa shape index (κ3) is 0.992. The molecule has 1 aliphatic carbocycles. The van der Waals surface area contributed by atoms with E-state index in [1.54, 1.807) is 0 Å². The third-order valence-corrected chi connectivity index (χ3v) is 3.75. The van der Waals surface area contributed by atoms with Gasteiger partial charge in [0.25, 0.3) is 0 Å². The molecular weight excluding hydrogens is 184 g/mol. The molecule has 0 saturated heterocycles. The average molecular weight is 195 g/mol.